The average molecular weight is 100 g/mol. The highest BCUT2D eigenvalue weighted by atomic mass is 16.7. The monoisotopic (exact) mass is 100 g/mol. The minimum Gasteiger partial charge on any atom is -0.350 e. The van der Waals surface area contributed by atoms with Crippen LogP contribution < -0.4 is 0 Å². The number of hydrogen-bond acceptors (Lipinski definition) is 2. The van der Waals surface area contributed by atoms with Crippen LogP contribution in [0.4, 0.5) is 0 Å². The summed E-state index contributed by atoms with van der Waals surface area (Å²) >= 11 is 0. The molecule has 2 rings (SSSR count). The minimum absolute atomic E-state index is 0.0556. The van der Waals surface area contributed by atoms with E-state index >= 15 is 0 Å². The van der Waals surface area contributed by atoms with Crippen LogP contribution in [0.1, 0.15) is 12.8 Å². The largest absolute Gasteiger partial charge is 0.350 e. The summed E-state index contributed by atoms with van der Waals surface area (Å²) < 4.78 is 10.3. The summed E-state index contributed by atoms with van der Waals surface area (Å²) in [5, 5.41) is 0. The van der Waals surface area contributed by atoms with Gasteiger partial charge < -0.3 is 9.47 Å². The molecule has 7 heavy (non-hydrogen) atoms. The van der Waals surface area contributed by atoms with E-state index in [4.69, 9.17) is 9.47 Å². The SMILES string of the molecule is C1CC2(CCO2)O1. The van der Waals surface area contributed by atoms with Crippen molar-refractivity contribution in [3.63, 3.8) is 0 Å². The van der Waals surface area contributed by atoms with Gasteiger partial charge in [0.2, 0.25) is 0 Å². The summed E-state index contributed by atoms with van der Waals surface area (Å²) in [6, 6.07) is 0. The van der Waals surface area contributed by atoms with Crippen molar-refractivity contribution in [3.8, 4) is 0 Å². The second-order valence-electron chi connectivity index (χ2n) is 2.11. The standard InChI is InChI=1S/C5H8O2/c1-3-6-5(1)2-4-7-5/h1-4H2. The van der Waals surface area contributed by atoms with Gasteiger partial charge in [-0.2, -0.15) is 0 Å². The van der Waals surface area contributed by atoms with Crippen LogP contribution in [-0.4, -0.2) is 19.0 Å². The summed E-state index contributed by atoms with van der Waals surface area (Å²) in [5.74, 6) is -0.0556. The Morgan fingerprint density at radius 1 is 1.00 bits per heavy atom. The smallest absolute Gasteiger partial charge is 0.172 e. The molecule has 2 aliphatic rings. The topological polar surface area (TPSA) is 18.5 Å². The normalized spacial score (nSPS) is 34.3. The predicted octanol–water partition coefficient (Wildman–Crippen LogP) is 0.523. The van der Waals surface area contributed by atoms with Crippen molar-refractivity contribution >= 4 is 0 Å². The lowest BCUT2D eigenvalue weighted by molar-refractivity contribution is -0.368. The summed E-state index contributed by atoms with van der Waals surface area (Å²) in [6.45, 7) is 1.81. The third-order valence-electron chi connectivity index (χ3n) is 1.70. The molecule has 0 aromatic carbocycles. The van der Waals surface area contributed by atoms with Crippen LogP contribution in [-0.2, 0) is 9.47 Å². The molecule has 0 bridgehead atoms. The van der Waals surface area contributed by atoms with Crippen molar-refractivity contribution < 1.29 is 9.47 Å². The maximum atomic E-state index is 5.13. The first kappa shape index (κ1) is 3.87. The average Bonchev–Trinajstić information content (AvgIpc) is 1.20. The third kappa shape index (κ3) is 0.359. The van der Waals surface area contributed by atoms with Crippen molar-refractivity contribution in [2.75, 3.05) is 13.2 Å². The van der Waals surface area contributed by atoms with Gasteiger partial charge in [0, 0.05) is 12.8 Å². The number of rotatable bonds is 0. The maximum absolute atomic E-state index is 5.13. The van der Waals surface area contributed by atoms with Crippen LogP contribution in [0.2, 0.25) is 0 Å². The van der Waals surface area contributed by atoms with Crippen LogP contribution in [0.25, 0.3) is 0 Å². The molecule has 2 nitrogen and oxygen atoms in total. The quantitative estimate of drug-likeness (QED) is 0.442. The molecule has 0 N–H and O–H groups in total. The Hall–Kier alpha value is -0.0800. The Bertz CT molecular complexity index is 66.6. The molecule has 0 amide bonds. The van der Waals surface area contributed by atoms with Crippen molar-refractivity contribution in [3.05, 3.63) is 0 Å². The molecular weight excluding hydrogens is 92.1 g/mol. The first-order valence-corrected chi connectivity index (χ1v) is 2.69. The molecule has 1 spiro atoms. The van der Waals surface area contributed by atoms with Gasteiger partial charge in [0.1, 0.15) is 0 Å². The van der Waals surface area contributed by atoms with E-state index in [9.17, 15) is 0 Å². The molecule has 40 valence electrons. The highest BCUT2D eigenvalue weighted by molar-refractivity contribution is 4.83. The van der Waals surface area contributed by atoms with Gasteiger partial charge in [-0.1, -0.05) is 0 Å². The lowest BCUT2D eigenvalue weighted by Crippen LogP contribution is -2.54. The molecule has 0 atom stereocenters. The van der Waals surface area contributed by atoms with E-state index < -0.39 is 0 Å². The first-order valence-electron chi connectivity index (χ1n) is 2.69. The Balaban J connectivity index is 2.00. The number of hydrogen-bond donors (Lipinski definition) is 0. The Kier molecular flexibility index (Phi) is 0.557. The van der Waals surface area contributed by atoms with E-state index in [1.54, 1.807) is 0 Å². The molecule has 0 aromatic rings. The summed E-state index contributed by atoms with van der Waals surface area (Å²) in [5.41, 5.74) is 0. The van der Waals surface area contributed by atoms with Gasteiger partial charge in [0.25, 0.3) is 0 Å². The molecule has 0 saturated carbocycles. The lowest BCUT2D eigenvalue weighted by atomic mass is 10.0. The van der Waals surface area contributed by atoms with E-state index in [0.717, 1.165) is 26.1 Å². The van der Waals surface area contributed by atoms with E-state index in [1.165, 1.54) is 0 Å². The highest BCUT2D eigenvalue weighted by Crippen LogP contribution is 2.37. The fraction of sp³-hybridized carbons (Fsp3) is 1.00. The molecule has 0 unspecified atom stereocenters. The van der Waals surface area contributed by atoms with Gasteiger partial charge in [0.05, 0.1) is 13.2 Å². The van der Waals surface area contributed by atoms with Gasteiger partial charge in [-0.25, -0.2) is 0 Å². The maximum Gasteiger partial charge on any atom is 0.172 e. The summed E-state index contributed by atoms with van der Waals surface area (Å²) in [6.07, 6.45) is 2.24. The minimum atomic E-state index is -0.0556. The van der Waals surface area contributed by atoms with E-state index in [1.807, 2.05) is 0 Å². The van der Waals surface area contributed by atoms with Crippen LogP contribution in [0.3, 0.4) is 0 Å². The second kappa shape index (κ2) is 1.01. The molecule has 0 radical (unpaired) electrons. The zero-order valence-corrected chi connectivity index (χ0v) is 4.14. The molecule has 2 fully saturated rings. The molecule has 2 heterocycles. The predicted molar refractivity (Wildman–Crippen MR) is 23.9 cm³/mol. The Morgan fingerprint density at radius 3 is 1.43 bits per heavy atom. The van der Waals surface area contributed by atoms with Gasteiger partial charge in [-0.3, -0.25) is 0 Å². The molecule has 2 saturated heterocycles. The summed E-state index contributed by atoms with van der Waals surface area (Å²) in [7, 11) is 0. The van der Waals surface area contributed by atoms with Gasteiger partial charge >= 0.3 is 0 Å². The summed E-state index contributed by atoms with van der Waals surface area (Å²) in [4.78, 5) is 0. The van der Waals surface area contributed by atoms with Crippen molar-refractivity contribution in [2.24, 2.45) is 0 Å². The van der Waals surface area contributed by atoms with E-state index in [0.29, 0.717) is 0 Å². The second-order valence-corrected chi connectivity index (χ2v) is 2.11. The van der Waals surface area contributed by atoms with Crippen molar-refractivity contribution in [2.45, 2.75) is 18.6 Å². The van der Waals surface area contributed by atoms with Crippen LogP contribution >= 0.6 is 0 Å². The molecule has 2 aliphatic heterocycles. The van der Waals surface area contributed by atoms with Gasteiger partial charge in [0.15, 0.2) is 5.79 Å². The number of ether oxygens (including phenoxy) is 2. The fourth-order valence-electron chi connectivity index (χ4n) is 0.970. The zero-order chi connectivity index (χ0) is 4.74. The van der Waals surface area contributed by atoms with Crippen LogP contribution in [0.15, 0.2) is 0 Å². The first-order chi connectivity index (χ1) is 3.41. The third-order valence-corrected chi connectivity index (χ3v) is 1.70. The van der Waals surface area contributed by atoms with Crippen molar-refractivity contribution in [1.29, 1.82) is 0 Å². The Labute approximate surface area is 42.4 Å². The van der Waals surface area contributed by atoms with Crippen molar-refractivity contribution in [1.82, 2.24) is 0 Å². The molecular formula is C5H8O2. The lowest BCUT2D eigenvalue weighted by Gasteiger charge is -2.48. The molecule has 0 aromatic heterocycles. The fourth-order valence-corrected chi connectivity index (χ4v) is 0.970. The van der Waals surface area contributed by atoms with Gasteiger partial charge in [-0.15, -0.1) is 0 Å². The molecule has 2 heteroatoms. The Morgan fingerprint density at radius 2 is 1.43 bits per heavy atom. The zero-order valence-electron chi connectivity index (χ0n) is 4.14. The van der Waals surface area contributed by atoms with E-state index in [2.05, 4.69) is 0 Å². The van der Waals surface area contributed by atoms with Gasteiger partial charge in [-0.05, 0) is 0 Å². The van der Waals surface area contributed by atoms with Crippen LogP contribution in [0, 0.1) is 0 Å². The molecule has 0 aliphatic carbocycles. The highest BCUT2D eigenvalue weighted by Gasteiger charge is 2.45. The van der Waals surface area contributed by atoms with Crippen LogP contribution in [0.5, 0.6) is 0 Å². The van der Waals surface area contributed by atoms with E-state index in [-0.39, 0.29) is 5.79 Å².